The summed E-state index contributed by atoms with van der Waals surface area (Å²) in [4.78, 5) is 17.0. The van der Waals surface area contributed by atoms with Gasteiger partial charge in [-0.1, -0.05) is 12.1 Å². The van der Waals surface area contributed by atoms with Crippen molar-refractivity contribution in [2.75, 3.05) is 13.2 Å². The van der Waals surface area contributed by atoms with Crippen LogP contribution in [0.2, 0.25) is 0 Å². The van der Waals surface area contributed by atoms with Gasteiger partial charge in [0.15, 0.2) is 0 Å². The van der Waals surface area contributed by atoms with E-state index in [-0.39, 0.29) is 5.56 Å². The highest BCUT2D eigenvalue weighted by Crippen LogP contribution is 2.29. The average Bonchev–Trinajstić information content (AvgIpc) is 2.62. The molecule has 1 aromatic heterocycles. The average molecular weight is 256 g/mol. The van der Waals surface area contributed by atoms with Crippen molar-refractivity contribution in [2.24, 2.45) is 4.99 Å². The predicted octanol–water partition coefficient (Wildman–Crippen LogP) is 2.22. The van der Waals surface area contributed by atoms with Crippen molar-refractivity contribution in [2.45, 2.75) is 20.4 Å². The lowest BCUT2D eigenvalue weighted by molar-refractivity contribution is 0.334. The highest BCUT2D eigenvalue weighted by molar-refractivity contribution is 6.05. The highest BCUT2D eigenvalue weighted by atomic mass is 16.5. The largest absolute Gasteiger partial charge is 0.490 e. The lowest BCUT2D eigenvalue weighted by Gasteiger charge is -2.15. The zero-order valence-electron chi connectivity index (χ0n) is 11.1. The van der Waals surface area contributed by atoms with Crippen LogP contribution < -0.4 is 10.3 Å². The molecule has 0 aliphatic carbocycles. The normalized spacial score (nSPS) is 14.5. The van der Waals surface area contributed by atoms with Gasteiger partial charge in [-0.25, -0.2) is 0 Å². The maximum atomic E-state index is 12.6. The van der Waals surface area contributed by atoms with Crippen LogP contribution in [0.25, 0.3) is 10.9 Å². The first kappa shape index (κ1) is 12.0. The molecule has 3 rings (SSSR count). The van der Waals surface area contributed by atoms with Crippen LogP contribution in [0, 0.1) is 0 Å². The van der Waals surface area contributed by atoms with Gasteiger partial charge in [0.05, 0.1) is 12.1 Å². The molecule has 0 bridgehead atoms. The molecule has 2 aromatic rings. The molecule has 19 heavy (non-hydrogen) atoms. The van der Waals surface area contributed by atoms with Gasteiger partial charge >= 0.3 is 0 Å². The Hall–Kier alpha value is -2.10. The summed E-state index contributed by atoms with van der Waals surface area (Å²) in [6.07, 6.45) is 0. The number of pyridine rings is 1. The van der Waals surface area contributed by atoms with Crippen LogP contribution >= 0.6 is 0 Å². The molecule has 0 radical (unpaired) electrons. The zero-order chi connectivity index (χ0) is 13.4. The van der Waals surface area contributed by atoms with Gasteiger partial charge in [0, 0.05) is 17.6 Å². The summed E-state index contributed by atoms with van der Waals surface area (Å²) in [5.74, 6) is 0.684. The lowest BCUT2D eigenvalue weighted by Crippen LogP contribution is -2.26. The number of aryl methyl sites for hydroxylation is 1. The van der Waals surface area contributed by atoms with E-state index in [1.165, 1.54) is 0 Å². The fourth-order valence-electron chi connectivity index (χ4n) is 2.60. The van der Waals surface area contributed by atoms with E-state index in [2.05, 4.69) is 4.99 Å². The quantitative estimate of drug-likeness (QED) is 0.785. The van der Waals surface area contributed by atoms with Crippen LogP contribution in [-0.4, -0.2) is 23.4 Å². The van der Waals surface area contributed by atoms with Crippen molar-refractivity contribution in [3.63, 3.8) is 0 Å². The molecule has 0 atom stereocenters. The third-order valence-corrected chi connectivity index (χ3v) is 3.49. The van der Waals surface area contributed by atoms with Crippen LogP contribution in [0.1, 0.15) is 19.4 Å². The number of hydrogen-bond acceptors (Lipinski definition) is 3. The molecular formula is C15H16N2O2. The Bertz CT molecular complexity index is 729. The van der Waals surface area contributed by atoms with Crippen LogP contribution in [0.15, 0.2) is 34.1 Å². The molecule has 98 valence electrons. The topological polar surface area (TPSA) is 43.6 Å². The van der Waals surface area contributed by atoms with E-state index in [4.69, 9.17) is 4.74 Å². The first-order chi connectivity index (χ1) is 9.24. The molecule has 4 nitrogen and oxygen atoms in total. The summed E-state index contributed by atoms with van der Waals surface area (Å²) in [6.45, 7) is 5.61. The Kier molecular flexibility index (Phi) is 2.85. The van der Waals surface area contributed by atoms with Crippen molar-refractivity contribution >= 4 is 16.6 Å². The van der Waals surface area contributed by atoms with Crippen molar-refractivity contribution in [3.05, 3.63) is 40.2 Å². The standard InChI is InChI=1S/C15H16N2O2/c1-3-17-12-7-5-4-6-11(12)14-13(15(17)18)10(2)16-8-9-19-14/h4-7H,3,8-9H2,1-2H3. The van der Waals surface area contributed by atoms with Crippen molar-refractivity contribution < 1.29 is 4.74 Å². The fraction of sp³-hybridized carbons (Fsp3) is 0.333. The van der Waals surface area contributed by atoms with E-state index in [0.29, 0.717) is 31.0 Å². The summed E-state index contributed by atoms with van der Waals surface area (Å²) in [5, 5.41) is 0.982. The first-order valence-electron chi connectivity index (χ1n) is 6.53. The molecule has 0 N–H and O–H groups in total. The summed E-state index contributed by atoms with van der Waals surface area (Å²) >= 11 is 0. The number of fused-ring (bicyclic) bond motifs is 3. The van der Waals surface area contributed by atoms with Gasteiger partial charge in [0.25, 0.3) is 5.56 Å². The molecule has 0 fully saturated rings. The minimum atomic E-state index is -0.0145. The number of aliphatic imine (C=N–C) groups is 1. The number of hydrogen-bond donors (Lipinski definition) is 0. The molecule has 4 heteroatoms. The van der Waals surface area contributed by atoms with E-state index < -0.39 is 0 Å². The Balaban J connectivity index is 2.51. The Morgan fingerprint density at radius 1 is 1.37 bits per heavy atom. The van der Waals surface area contributed by atoms with Gasteiger partial charge in [-0.05, 0) is 26.0 Å². The van der Waals surface area contributed by atoms with Gasteiger partial charge in [0.2, 0.25) is 0 Å². The van der Waals surface area contributed by atoms with E-state index >= 15 is 0 Å². The molecule has 0 saturated heterocycles. The molecule has 1 aliphatic rings. The second kappa shape index (κ2) is 4.53. The minimum Gasteiger partial charge on any atom is -0.490 e. The van der Waals surface area contributed by atoms with Gasteiger partial charge in [-0.15, -0.1) is 0 Å². The molecule has 1 aliphatic heterocycles. The number of para-hydroxylation sites is 1. The molecular weight excluding hydrogens is 240 g/mol. The second-order valence-electron chi connectivity index (χ2n) is 4.59. The lowest BCUT2D eigenvalue weighted by atomic mass is 10.1. The van der Waals surface area contributed by atoms with Crippen molar-refractivity contribution in [1.82, 2.24) is 4.57 Å². The summed E-state index contributed by atoms with van der Waals surface area (Å²) in [6, 6.07) is 7.87. The Morgan fingerprint density at radius 3 is 2.95 bits per heavy atom. The molecule has 0 spiro atoms. The number of benzene rings is 1. The third kappa shape index (κ3) is 1.75. The second-order valence-corrected chi connectivity index (χ2v) is 4.59. The summed E-state index contributed by atoms with van der Waals surface area (Å²) in [5.41, 5.74) is 2.28. The first-order valence-corrected chi connectivity index (χ1v) is 6.53. The SMILES string of the molecule is CCn1c(=O)c2c(c3ccccc31)OCCN=C2C. The smallest absolute Gasteiger partial charge is 0.263 e. The van der Waals surface area contributed by atoms with E-state index in [0.717, 1.165) is 16.6 Å². The van der Waals surface area contributed by atoms with E-state index in [9.17, 15) is 4.79 Å². The molecule has 2 heterocycles. The van der Waals surface area contributed by atoms with Crippen LogP contribution in [0.4, 0.5) is 0 Å². The Labute approximate surface area is 111 Å². The maximum Gasteiger partial charge on any atom is 0.263 e. The van der Waals surface area contributed by atoms with E-state index in [1.54, 1.807) is 4.57 Å². The zero-order valence-corrected chi connectivity index (χ0v) is 11.1. The van der Waals surface area contributed by atoms with Gasteiger partial charge in [0.1, 0.15) is 17.9 Å². The van der Waals surface area contributed by atoms with E-state index in [1.807, 2.05) is 38.1 Å². The van der Waals surface area contributed by atoms with Crippen LogP contribution in [0.3, 0.4) is 0 Å². The molecule has 1 aromatic carbocycles. The molecule has 0 amide bonds. The van der Waals surface area contributed by atoms with Crippen LogP contribution in [0.5, 0.6) is 5.75 Å². The predicted molar refractivity (Wildman–Crippen MR) is 76.5 cm³/mol. The molecule has 0 saturated carbocycles. The maximum absolute atomic E-state index is 12.6. The number of rotatable bonds is 1. The van der Waals surface area contributed by atoms with Gasteiger partial charge in [-0.2, -0.15) is 0 Å². The molecule has 0 unspecified atom stereocenters. The highest BCUT2D eigenvalue weighted by Gasteiger charge is 2.20. The summed E-state index contributed by atoms with van der Waals surface area (Å²) in [7, 11) is 0. The minimum absolute atomic E-state index is 0.0145. The van der Waals surface area contributed by atoms with Crippen molar-refractivity contribution in [3.8, 4) is 5.75 Å². The Morgan fingerprint density at radius 2 is 2.16 bits per heavy atom. The third-order valence-electron chi connectivity index (χ3n) is 3.49. The monoisotopic (exact) mass is 256 g/mol. The van der Waals surface area contributed by atoms with Gasteiger partial charge in [-0.3, -0.25) is 9.79 Å². The summed E-state index contributed by atoms with van der Waals surface area (Å²) < 4.78 is 7.56. The van der Waals surface area contributed by atoms with Crippen molar-refractivity contribution in [1.29, 1.82) is 0 Å². The fourth-order valence-corrected chi connectivity index (χ4v) is 2.60. The number of aromatic nitrogens is 1. The number of nitrogens with zero attached hydrogens (tertiary/aromatic N) is 2. The number of ether oxygens (including phenoxy) is 1. The van der Waals surface area contributed by atoms with Gasteiger partial charge < -0.3 is 9.30 Å². The van der Waals surface area contributed by atoms with Crippen LogP contribution in [-0.2, 0) is 6.54 Å².